The van der Waals surface area contributed by atoms with Gasteiger partial charge in [-0.25, -0.2) is 8.78 Å². The van der Waals surface area contributed by atoms with Gasteiger partial charge >= 0.3 is 0 Å². The molecule has 0 atom stereocenters. The third-order valence-corrected chi connectivity index (χ3v) is 3.99. The fraction of sp³-hybridized carbons (Fsp3) is 0.571. The summed E-state index contributed by atoms with van der Waals surface area (Å²) >= 11 is 3.02. The average Bonchev–Trinajstić information content (AvgIpc) is 2.83. The number of rotatable bonds is 7. The maximum Gasteiger partial charge on any atom is 0.175 e. The summed E-state index contributed by atoms with van der Waals surface area (Å²) in [6, 6.07) is 1.08. The first-order valence-electron chi connectivity index (χ1n) is 7.01. The first kappa shape index (κ1) is 15.4. The molecule has 20 heavy (non-hydrogen) atoms. The van der Waals surface area contributed by atoms with Gasteiger partial charge in [0.2, 0.25) is 0 Å². The molecule has 0 aliphatic rings. The summed E-state index contributed by atoms with van der Waals surface area (Å²) in [5.74, 6) is -1.82. The summed E-state index contributed by atoms with van der Waals surface area (Å²) in [7, 11) is 0. The molecular weight excluding hydrogens is 328 g/mol. The summed E-state index contributed by atoms with van der Waals surface area (Å²) in [5, 5.41) is 8.38. The molecule has 0 aliphatic heterocycles. The predicted octanol–water partition coefficient (Wildman–Crippen LogP) is 4.83. The second-order valence-electron chi connectivity index (χ2n) is 4.92. The minimum Gasteiger partial charge on any atom is -0.204 e. The smallest absolute Gasteiger partial charge is 0.175 e. The summed E-state index contributed by atoms with van der Waals surface area (Å²) in [6.45, 7) is 2.87. The van der Waals surface area contributed by atoms with Crippen LogP contribution in [-0.2, 0) is 6.54 Å². The SMILES string of the molecule is CCCCCCCCn1nc2cc(F)c(F)c(Br)c2n1. The van der Waals surface area contributed by atoms with Crippen molar-refractivity contribution in [2.45, 2.75) is 52.0 Å². The number of hydrogen-bond donors (Lipinski definition) is 0. The molecule has 6 heteroatoms. The van der Waals surface area contributed by atoms with E-state index in [2.05, 4.69) is 33.1 Å². The molecule has 0 bridgehead atoms. The normalized spacial score (nSPS) is 11.4. The summed E-state index contributed by atoms with van der Waals surface area (Å²) in [4.78, 5) is 1.52. The Morgan fingerprint density at radius 3 is 2.55 bits per heavy atom. The van der Waals surface area contributed by atoms with Crippen molar-refractivity contribution >= 4 is 27.0 Å². The molecule has 1 aromatic carbocycles. The molecule has 2 aromatic rings. The second-order valence-corrected chi connectivity index (χ2v) is 5.71. The molecule has 0 N–H and O–H groups in total. The number of aromatic nitrogens is 3. The standard InChI is InChI=1S/C14H18BrF2N3/c1-2-3-4-5-6-7-8-20-18-11-9-10(16)13(17)12(15)14(11)19-20/h9H,2-8H2,1H3. The second kappa shape index (κ2) is 7.11. The van der Waals surface area contributed by atoms with Crippen molar-refractivity contribution in [1.82, 2.24) is 15.0 Å². The van der Waals surface area contributed by atoms with Crippen molar-refractivity contribution < 1.29 is 8.78 Å². The van der Waals surface area contributed by atoms with Gasteiger partial charge in [-0.2, -0.15) is 15.0 Å². The monoisotopic (exact) mass is 345 g/mol. The zero-order valence-electron chi connectivity index (χ0n) is 11.5. The first-order chi connectivity index (χ1) is 9.63. The topological polar surface area (TPSA) is 30.7 Å². The molecule has 0 radical (unpaired) electrons. The van der Waals surface area contributed by atoms with E-state index in [1.54, 1.807) is 0 Å². The Hall–Kier alpha value is -1.04. The highest BCUT2D eigenvalue weighted by molar-refractivity contribution is 9.10. The van der Waals surface area contributed by atoms with Gasteiger partial charge in [0.05, 0.1) is 11.0 Å². The lowest BCUT2D eigenvalue weighted by Crippen LogP contribution is -2.02. The van der Waals surface area contributed by atoms with Crippen molar-refractivity contribution in [1.29, 1.82) is 0 Å². The van der Waals surface area contributed by atoms with Crippen LogP contribution in [0.4, 0.5) is 8.78 Å². The van der Waals surface area contributed by atoms with E-state index in [1.807, 2.05) is 0 Å². The average molecular weight is 346 g/mol. The summed E-state index contributed by atoms with van der Waals surface area (Å²) in [5.41, 5.74) is 0.747. The van der Waals surface area contributed by atoms with Crippen molar-refractivity contribution in [3.05, 3.63) is 22.2 Å². The lowest BCUT2D eigenvalue weighted by molar-refractivity contribution is 0.488. The Morgan fingerprint density at radius 2 is 1.80 bits per heavy atom. The fourth-order valence-electron chi connectivity index (χ4n) is 2.14. The molecule has 0 aliphatic carbocycles. The van der Waals surface area contributed by atoms with E-state index < -0.39 is 11.6 Å². The summed E-state index contributed by atoms with van der Waals surface area (Å²) in [6.07, 6.45) is 7.08. The van der Waals surface area contributed by atoms with Crippen LogP contribution in [0, 0.1) is 11.6 Å². The number of halogens is 3. The number of benzene rings is 1. The van der Waals surface area contributed by atoms with Gasteiger partial charge in [-0.1, -0.05) is 39.0 Å². The van der Waals surface area contributed by atoms with Crippen LogP contribution in [0.2, 0.25) is 0 Å². The van der Waals surface area contributed by atoms with E-state index in [1.165, 1.54) is 30.5 Å². The Labute approximate surface area is 125 Å². The largest absolute Gasteiger partial charge is 0.204 e. The van der Waals surface area contributed by atoms with Crippen molar-refractivity contribution in [3.63, 3.8) is 0 Å². The lowest BCUT2D eigenvalue weighted by Gasteiger charge is -2.00. The Balaban J connectivity index is 1.97. The van der Waals surface area contributed by atoms with E-state index in [0.29, 0.717) is 17.6 Å². The zero-order valence-corrected chi connectivity index (χ0v) is 13.1. The molecule has 0 spiro atoms. The van der Waals surface area contributed by atoms with Gasteiger partial charge in [-0.3, -0.25) is 0 Å². The first-order valence-corrected chi connectivity index (χ1v) is 7.81. The molecule has 0 saturated heterocycles. The van der Waals surface area contributed by atoms with Crippen LogP contribution in [0.25, 0.3) is 11.0 Å². The number of nitrogens with zero attached hydrogens (tertiary/aromatic N) is 3. The van der Waals surface area contributed by atoms with Gasteiger partial charge in [-0.15, -0.1) is 0 Å². The molecule has 2 rings (SSSR count). The van der Waals surface area contributed by atoms with Gasteiger partial charge in [-0.05, 0) is 22.4 Å². The summed E-state index contributed by atoms with van der Waals surface area (Å²) < 4.78 is 26.7. The van der Waals surface area contributed by atoms with Crippen LogP contribution in [0.3, 0.4) is 0 Å². The van der Waals surface area contributed by atoms with Crippen LogP contribution in [0.15, 0.2) is 10.5 Å². The molecular formula is C14H18BrF2N3. The Bertz CT molecular complexity index is 583. The van der Waals surface area contributed by atoms with Crippen molar-refractivity contribution in [2.24, 2.45) is 0 Å². The minimum atomic E-state index is -0.913. The highest BCUT2D eigenvalue weighted by atomic mass is 79.9. The minimum absolute atomic E-state index is 0.0432. The quantitative estimate of drug-likeness (QED) is 0.531. The van der Waals surface area contributed by atoms with Crippen LogP contribution in [0.5, 0.6) is 0 Å². The lowest BCUT2D eigenvalue weighted by atomic mass is 10.1. The maximum absolute atomic E-state index is 13.4. The maximum atomic E-state index is 13.4. The van der Waals surface area contributed by atoms with Crippen LogP contribution in [-0.4, -0.2) is 15.0 Å². The van der Waals surface area contributed by atoms with Crippen molar-refractivity contribution in [3.8, 4) is 0 Å². The van der Waals surface area contributed by atoms with Gasteiger partial charge in [0.25, 0.3) is 0 Å². The molecule has 1 aromatic heterocycles. The van der Waals surface area contributed by atoms with Gasteiger partial charge in [0, 0.05) is 6.07 Å². The third kappa shape index (κ3) is 3.53. The number of hydrogen-bond acceptors (Lipinski definition) is 2. The molecule has 1 heterocycles. The molecule has 0 fully saturated rings. The highest BCUT2D eigenvalue weighted by Gasteiger charge is 2.15. The molecule has 3 nitrogen and oxygen atoms in total. The molecule has 110 valence electrons. The highest BCUT2D eigenvalue weighted by Crippen LogP contribution is 2.26. The van der Waals surface area contributed by atoms with E-state index in [-0.39, 0.29) is 4.47 Å². The molecule has 0 saturated carbocycles. The Morgan fingerprint density at radius 1 is 1.10 bits per heavy atom. The van der Waals surface area contributed by atoms with E-state index in [4.69, 9.17) is 0 Å². The molecule has 0 amide bonds. The fourth-order valence-corrected chi connectivity index (χ4v) is 2.61. The van der Waals surface area contributed by atoms with E-state index >= 15 is 0 Å². The van der Waals surface area contributed by atoms with Crippen LogP contribution < -0.4 is 0 Å². The van der Waals surface area contributed by atoms with Gasteiger partial charge in [0.15, 0.2) is 11.6 Å². The number of aryl methyl sites for hydroxylation is 1. The van der Waals surface area contributed by atoms with Crippen molar-refractivity contribution in [2.75, 3.05) is 0 Å². The van der Waals surface area contributed by atoms with Crippen LogP contribution in [0.1, 0.15) is 45.4 Å². The third-order valence-electron chi connectivity index (χ3n) is 3.27. The Kier molecular flexibility index (Phi) is 5.46. The van der Waals surface area contributed by atoms with Gasteiger partial charge < -0.3 is 0 Å². The van der Waals surface area contributed by atoms with E-state index in [9.17, 15) is 8.78 Å². The van der Waals surface area contributed by atoms with Gasteiger partial charge in [0.1, 0.15) is 11.0 Å². The zero-order chi connectivity index (χ0) is 14.5. The predicted molar refractivity (Wildman–Crippen MR) is 78.5 cm³/mol. The number of fused-ring (bicyclic) bond motifs is 1. The van der Waals surface area contributed by atoms with Crippen LogP contribution >= 0.6 is 15.9 Å². The molecule has 0 unspecified atom stereocenters. The number of unbranched alkanes of at least 4 members (excludes halogenated alkanes) is 5. The van der Waals surface area contributed by atoms with E-state index in [0.717, 1.165) is 18.9 Å².